The molecule has 4 heteroatoms. The topological polar surface area (TPSA) is 50.1 Å². The third-order valence-electron chi connectivity index (χ3n) is 3.39. The molecule has 0 aliphatic rings. The van der Waals surface area contributed by atoms with Crippen LogP contribution in [0, 0.1) is 5.92 Å². The van der Waals surface area contributed by atoms with E-state index in [0.717, 1.165) is 30.5 Å². The standard InChI is InChI=1S/C14H21N3O/c1-3-11(9-18)7-15-8-12-4-5-14-13(6-12)16-10-17(14)2/h4-6,10-11,15,18H,3,7-9H2,1-2H3. The van der Waals surface area contributed by atoms with Crippen molar-refractivity contribution in [3.63, 3.8) is 0 Å². The minimum absolute atomic E-state index is 0.253. The number of hydrogen-bond donors (Lipinski definition) is 2. The van der Waals surface area contributed by atoms with Gasteiger partial charge in [-0.25, -0.2) is 4.98 Å². The molecule has 1 aromatic carbocycles. The summed E-state index contributed by atoms with van der Waals surface area (Å²) in [6.45, 7) is 4.03. The Hall–Kier alpha value is -1.39. The van der Waals surface area contributed by atoms with Crippen LogP contribution in [0.4, 0.5) is 0 Å². The molecule has 4 nitrogen and oxygen atoms in total. The van der Waals surface area contributed by atoms with Gasteiger partial charge in [0.2, 0.25) is 0 Å². The van der Waals surface area contributed by atoms with Gasteiger partial charge >= 0.3 is 0 Å². The molecule has 1 atom stereocenters. The van der Waals surface area contributed by atoms with Crippen molar-refractivity contribution >= 4 is 11.0 Å². The number of aromatic nitrogens is 2. The van der Waals surface area contributed by atoms with E-state index in [1.165, 1.54) is 5.56 Å². The molecule has 1 unspecified atom stereocenters. The molecule has 0 aliphatic heterocycles. The third-order valence-corrected chi connectivity index (χ3v) is 3.39. The van der Waals surface area contributed by atoms with Gasteiger partial charge in [-0.2, -0.15) is 0 Å². The van der Waals surface area contributed by atoms with Crippen LogP contribution in [0.25, 0.3) is 11.0 Å². The van der Waals surface area contributed by atoms with Crippen molar-refractivity contribution in [2.24, 2.45) is 13.0 Å². The molecule has 0 amide bonds. The lowest BCUT2D eigenvalue weighted by Gasteiger charge is -2.12. The first-order valence-electron chi connectivity index (χ1n) is 6.46. The SMILES string of the molecule is CCC(CO)CNCc1ccc2c(c1)ncn2C. The first-order valence-corrected chi connectivity index (χ1v) is 6.46. The van der Waals surface area contributed by atoms with Gasteiger partial charge in [0.15, 0.2) is 0 Å². The number of benzene rings is 1. The number of rotatable bonds is 6. The van der Waals surface area contributed by atoms with Crippen LogP contribution in [-0.2, 0) is 13.6 Å². The van der Waals surface area contributed by atoms with E-state index in [2.05, 4.69) is 35.4 Å². The highest BCUT2D eigenvalue weighted by Gasteiger charge is 2.04. The maximum Gasteiger partial charge on any atom is 0.0955 e. The first-order chi connectivity index (χ1) is 8.74. The Labute approximate surface area is 108 Å². The second-order valence-corrected chi connectivity index (χ2v) is 4.77. The maximum atomic E-state index is 9.11. The maximum absolute atomic E-state index is 9.11. The van der Waals surface area contributed by atoms with Crippen LogP contribution in [0.2, 0.25) is 0 Å². The summed E-state index contributed by atoms with van der Waals surface area (Å²) >= 11 is 0. The van der Waals surface area contributed by atoms with E-state index >= 15 is 0 Å². The van der Waals surface area contributed by atoms with Crippen molar-refractivity contribution < 1.29 is 5.11 Å². The van der Waals surface area contributed by atoms with Gasteiger partial charge in [-0.15, -0.1) is 0 Å². The van der Waals surface area contributed by atoms with E-state index in [1.807, 2.05) is 17.9 Å². The molecule has 1 aromatic heterocycles. The number of nitrogens with one attached hydrogen (secondary N) is 1. The lowest BCUT2D eigenvalue weighted by atomic mass is 10.1. The summed E-state index contributed by atoms with van der Waals surface area (Å²) in [5, 5.41) is 12.5. The summed E-state index contributed by atoms with van der Waals surface area (Å²) in [6.07, 6.45) is 2.84. The van der Waals surface area contributed by atoms with E-state index < -0.39 is 0 Å². The Morgan fingerprint density at radius 1 is 1.44 bits per heavy atom. The van der Waals surface area contributed by atoms with Crippen molar-refractivity contribution in [1.29, 1.82) is 0 Å². The minimum atomic E-state index is 0.253. The fraction of sp³-hybridized carbons (Fsp3) is 0.500. The van der Waals surface area contributed by atoms with Crippen molar-refractivity contribution in [2.45, 2.75) is 19.9 Å². The fourth-order valence-corrected chi connectivity index (χ4v) is 2.05. The number of aryl methyl sites for hydroxylation is 1. The Bertz CT molecular complexity index is 503. The van der Waals surface area contributed by atoms with E-state index in [0.29, 0.717) is 5.92 Å². The molecular formula is C14H21N3O. The Morgan fingerprint density at radius 2 is 2.28 bits per heavy atom. The molecular weight excluding hydrogens is 226 g/mol. The summed E-state index contributed by atoms with van der Waals surface area (Å²) in [5.41, 5.74) is 3.42. The van der Waals surface area contributed by atoms with Crippen molar-refractivity contribution in [2.75, 3.05) is 13.2 Å². The second kappa shape index (κ2) is 5.98. The van der Waals surface area contributed by atoms with Crippen LogP contribution in [0.5, 0.6) is 0 Å². The highest BCUT2D eigenvalue weighted by Crippen LogP contribution is 2.13. The summed E-state index contributed by atoms with van der Waals surface area (Å²) < 4.78 is 2.02. The summed E-state index contributed by atoms with van der Waals surface area (Å²) in [7, 11) is 2.00. The molecule has 0 radical (unpaired) electrons. The molecule has 0 saturated heterocycles. The quantitative estimate of drug-likeness (QED) is 0.816. The molecule has 18 heavy (non-hydrogen) atoms. The number of aliphatic hydroxyl groups excluding tert-OH is 1. The number of hydrogen-bond acceptors (Lipinski definition) is 3. The van der Waals surface area contributed by atoms with Crippen LogP contribution in [0.1, 0.15) is 18.9 Å². The van der Waals surface area contributed by atoms with Crippen LogP contribution < -0.4 is 5.32 Å². The van der Waals surface area contributed by atoms with Crippen LogP contribution >= 0.6 is 0 Å². The van der Waals surface area contributed by atoms with E-state index in [4.69, 9.17) is 5.11 Å². The summed E-state index contributed by atoms with van der Waals surface area (Å²) in [6, 6.07) is 6.34. The summed E-state index contributed by atoms with van der Waals surface area (Å²) in [4.78, 5) is 4.35. The van der Waals surface area contributed by atoms with Gasteiger partial charge in [0.1, 0.15) is 0 Å². The van der Waals surface area contributed by atoms with Gasteiger partial charge in [-0.3, -0.25) is 0 Å². The molecule has 0 aliphatic carbocycles. The van der Waals surface area contributed by atoms with E-state index in [9.17, 15) is 0 Å². The van der Waals surface area contributed by atoms with Gasteiger partial charge in [0.25, 0.3) is 0 Å². The molecule has 98 valence electrons. The lowest BCUT2D eigenvalue weighted by molar-refractivity contribution is 0.218. The predicted octanol–water partition coefficient (Wildman–Crippen LogP) is 1.68. The van der Waals surface area contributed by atoms with Gasteiger partial charge in [0.05, 0.1) is 17.4 Å². The van der Waals surface area contributed by atoms with E-state index in [1.54, 1.807) is 0 Å². The fourth-order valence-electron chi connectivity index (χ4n) is 2.05. The van der Waals surface area contributed by atoms with Crippen LogP contribution in [-0.4, -0.2) is 27.8 Å². The minimum Gasteiger partial charge on any atom is -0.396 e. The first kappa shape index (κ1) is 13.1. The van der Waals surface area contributed by atoms with Gasteiger partial charge < -0.3 is 15.0 Å². The number of fused-ring (bicyclic) bond motifs is 1. The summed E-state index contributed by atoms with van der Waals surface area (Å²) in [5.74, 6) is 0.351. The van der Waals surface area contributed by atoms with Gasteiger partial charge in [-0.1, -0.05) is 13.0 Å². The van der Waals surface area contributed by atoms with Crippen LogP contribution in [0.15, 0.2) is 24.5 Å². The normalized spacial score (nSPS) is 13.1. The highest BCUT2D eigenvalue weighted by molar-refractivity contribution is 5.75. The third kappa shape index (κ3) is 2.89. The molecule has 2 aromatic rings. The molecule has 0 spiro atoms. The number of imidazole rings is 1. The number of nitrogens with zero attached hydrogens (tertiary/aromatic N) is 2. The largest absolute Gasteiger partial charge is 0.396 e. The molecule has 2 rings (SSSR count). The lowest BCUT2D eigenvalue weighted by Crippen LogP contribution is -2.24. The van der Waals surface area contributed by atoms with Gasteiger partial charge in [-0.05, 0) is 30.0 Å². The average Bonchev–Trinajstić information content (AvgIpc) is 2.76. The zero-order valence-electron chi connectivity index (χ0n) is 11.1. The monoisotopic (exact) mass is 247 g/mol. The van der Waals surface area contributed by atoms with Crippen molar-refractivity contribution in [1.82, 2.24) is 14.9 Å². The molecule has 0 fully saturated rings. The predicted molar refractivity (Wildman–Crippen MR) is 73.3 cm³/mol. The zero-order valence-corrected chi connectivity index (χ0v) is 11.1. The average molecular weight is 247 g/mol. The molecule has 2 N–H and O–H groups in total. The second-order valence-electron chi connectivity index (χ2n) is 4.77. The zero-order chi connectivity index (χ0) is 13.0. The molecule has 1 heterocycles. The van der Waals surface area contributed by atoms with Crippen molar-refractivity contribution in [3.05, 3.63) is 30.1 Å². The molecule has 0 saturated carbocycles. The highest BCUT2D eigenvalue weighted by atomic mass is 16.3. The smallest absolute Gasteiger partial charge is 0.0955 e. The molecule has 0 bridgehead atoms. The Kier molecular flexibility index (Phi) is 4.33. The van der Waals surface area contributed by atoms with E-state index in [-0.39, 0.29) is 6.61 Å². The van der Waals surface area contributed by atoms with Crippen LogP contribution in [0.3, 0.4) is 0 Å². The Morgan fingerprint density at radius 3 is 3.00 bits per heavy atom. The Balaban J connectivity index is 1.95. The number of aliphatic hydroxyl groups is 1. The van der Waals surface area contributed by atoms with Crippen molar-refractivity contribution in [3.8, 4) is 0 Å². The van der Waals surface area contributed by atoms with Gasteiger partial charge in [0, 0.05) is 26.7 Å².